The zero-order valence-corrected chi connectivity index (χ0v) is 10.5. The molecule has 0 aromatic heterocycles. The van der Waals surface area contributed by atoms with E-state index in [9.17, 15) is 4.79 Å². The largest absolute Gasteiger partial charge is 0.316 e. The van der Waals surface area contributed by atoms with Crippen molar-refractivity contribution < 1.29 is 4.79 Å². The van der Waals surface area contributed by atoms with Crippen molar-refractivity contribution in [3.8, 4) is 0 Å². The van der Waals surface area contributed by atoms with Gasteiger partial charge in [0.05, 0.1) is 0 Å². The van der Waals surface area contributed by atoms with Crippen LogP contribution in [-0.2, 0) is 4.79 Å². The summed E-state index contributed by atoms with van der Waals surface area (Å²) >= 11 is 0. The minimum Gasteiger partial charge on any atom is -0.316 e. The number of rotatable bonds is 4. The van der Waals surface area contributed by atoms with E-state index in [1.165, 1.54) is 0 Å². The summed E-state index contributed by atoms with van der Waals surface area (Å²) in [5.74, 6) is 0.552. The quantitative estimate of drug-likeness (QED) is 0.866. The molecule has 3 heteroatoms. The number of hydrogen-bond acceptors (Lipinski definition) is 2. The van der Waals surface area contributed by atoms with Crippen LogP contribution in [0.1, 0.15) is 38.3 Å². The summed E-state index contributed by atoms with van der Waals surface area (Å²) in [6.07, 6.45) is 2.29. The number of hydrogen-bond donors (Lipinski definition) is 1. The normalized spacial score (nSPS) is 20.5. The second-order valence-electron chi connectivity index (χ2n) is 4.88. The molecule has 0 spiro atoms. The number of nitrogens with two attached hydrogens (primary N) is 1. The molecule has 2 N–H and O–H groups in total. The fourth-order valence-electron chi connectivity index (χ4n) is 2.50. The smallest absolute Gasteiger partial charge is 0.248 e. The second-order valence-corrected chi connectivity index (χ2v) is 4.88. The average Bonchev–Trinajstić information content (AvgIpc) is 2.56. The van der Waals surface area contributed by atoms with Crippen molar-refractivity contribution in [2.45, 2.75) is 32.7 Å². The van der Waals surface area contributed by atoms with Crippen LogP contribution in [-0.4, -0.2) is 12.5 Å². The molecule has 0 saturated carbocycles. The fraction of sp³-hybridized carbons (Fsp3) is 0.500. The van der Waals surface area contributed by atoms with Crippen molar-refractivity contribution >= 4 is 11.6 Å². The van der Waals surface area contributed by atoms with Crippen LogP contribution in [0.5, 0.6) is 0 Å². The minimum absolute atomic E-state index is 0.0363. The maximum Gasteiger partial charge on any atom is 0.248 e. The van der Waals surface area contributed by atoms with Crippen LogP contribution in [0.2, 0.25) is 0 Å². The van der Waals surface area contributed by atoms with Crippen LogP contribution < -0.4 is 10.6 Å². The Morgan fingerprint density at radius 2 is 2.12 bits per heavy atom. The van der Waals surface area contributed by atoms with Crippen LogP contribution in [0, 0.1) is 5.92 Å². The highest BCUT2D eigenvalue weighted by atomic mass is 16.2. The number of benzene rings is 1. The van der Waals surface area contributed by atoms with E-state index in [0.717, 1.165) is 30.6 Å². The number of para-hydroxylation sites is 1. The summed E-state index contributed by atoms with van der Waals surface area (Å²) in [5.41, 5.74) is 7.89. The van der Waals surface area contributed by atoms with E-state index < -0.39 is 6.04 Å². The Kier molecular flexibility index (Phi) is 3.48. The number of amides is 1. The van der Waals surface area contributed by atoms with Gasteiger partial charge in [-0.2, -0.15) is 0 Å². The van der Waals surface area contributed by atoms with Crippen molar-refractivity contribution in [2.24, 2.45) is 11.7 Å². The highest BCUT2D eigenvalue weighted by Gasteiger charge is 2.34. The van der Waals surface area contributed by atoms with Crippen LogP contribution in [0.4, 0.5) is 5.69 Å². The van der Waals surface area contributed by atoms with Gasteiger partial charge in [0, 0.05) is 17.8 Å². The van der Waals surface area contributed by atoms with E-state index in [0.29, 0.717) is 5.92 Å². The summed E-state index contributed by atoms with van der Waals surface area (Å²) < 4.78 is 0. The molecule has 0 saturated heterocycles. The third-order valence-electron chi connectivity index (χ3n) is 3.37. The average molecular weight is 232 g/mol. The molecule has 2 atom stereocenters. The Morgan fingerprint density at radius 1 is 1.41 bits per heavy atom. The summed E-state index contributed by atoms with van der Waals surface area (Å²) in [6.45, 7) is 5.13. The summed E-state index contributed by atoms with van der Waals surface area (Å²) in [5, 5.41) is 0. The zero-order valence-electron chi connectivity index (χ0n) is 10.5. The second kappa shape index (κ2) is 4.88. The predicted octanol–water partition coefficient (Wildman–Crippen LogP) is 2.47. The number of carbonyl (C=O) groups is 1. The van der Waals surface area contributed by atoms with E-state index in [1.54, 1.807) is 0 Å². The Hall–Kier alpha value is -1.35. The van der Waals surface area contributed by atoms with Crippen molar-refractivity contribution in [1.29, 1.82) is 0 Å². The lowest BCUT2D eigenvalue weighted by molar-refractivity contribution is -0.119. The van der Waals surface area contributed by atoms with Gasteiger partial charge in [-0.05, 0) is 18.4 Å². The Balaban J connectivity index is 2.21. The first kappa shape index (κ1) is 12.1. The lowest BCUT2D eigenvalue weighted by Gasteiger charge is -2.21. The molecular formula is C14H20N2O. The van der Waals surface area contributed by atoms with Gasteiger partial charge in [0.25, 0.3) is 0 Å². The first-order valence-corrected chi connectivity index (χ1v) is 6.31. The van der Waals surface area contributed by atoms with Crippen molar-refractivity contribution in [2.75, 3.05) is 11.4 Å². The van der Waals surface area contributed by atoms with Crippen molar-refractivity contribution in [3.63, 3.8) is 0 Å². The van der Waals surface area contributed by atoms with Crippen LogP contribution in [0.3, 0.4) is 0 Å². The number of fused-ring (bicyclic) bond motifs is 1. The molecule has 1 aliphatic rings. The number of anilines is 1. The molecule has 1 amide bonds. The van der Waals surface area contributed by atoms with Gasteiger partial charge < -0.3 is 10.6 Å². The van der Waals surface area contributed by atoms with Crippen molar-refractivity contribution in [1.82, 2.24) is 0 Å². The van der Waals surface area contributed by atoms with E-state index >= 15 is 0 Å². The molecule has 0 fully saturated rings. The maximum absolute atomic E-state index is 12.1. The molecule has 17 heavy (non-hydrogen) atoms. The van der Waals surface area contributed by atoms with E-state index in [-0.39, 0.29) is 5.91 Å². The molecule has 1 heterocycles. The fourth-order valence-corrected chi connectivity index (χ4v) is 2.50. The lowest BCUT2D eigenvalue weighted by atomic mass is 10.1. The molecule has 1 aromatic rings. The zero-order chi connectivity index (χ0) is 12.4. The molecule has 2 unspecified atom stereocenters. The Bertz CT molecular complexity index is 416. The topological polar surface area (TPSA) is 46.3 Å². The highest BCUT2D eigenvalue weighted by molar-refractivity contribution is 6.04. The van der Waals surface area contributed by atoms with Crippen LogP contribution >= 0.6 is 0 Å². The lowest BCUT2D eigenvalue weighted by Crippen LogP contribution is -2.35. The summed E-state index contributed by atoms with van der Waals surface area (Å²) in [6, 6.07) is 7.35. The molecule has 0 bridgehead atoms. The van der Waals surface area contributed by atoms with Gasteiger partial charge in [0.1, 0.15) is 6.04 Å². The Morgan fingerprint density at radius 3 is 2.82 bits per heavy atom. The predicted molar refractivity (Wildman–Crippen MR) is 69.8 cm³/mol. The monoisotopic (exact) mass is 232 g/mol. The third kappa shape index (κ3) is 2.20. The summed E-state index contributed by atoms with van der Waals surface area (Å²) in [7, 11) is 0. The molecular weight excluding hydrogens is 212 g/mol. The van der Waals surface area contributed by atoms with Gasteiger partial charge in [0.15, 0.2) is 0 Å². The van der Waals surface area contributed by atoms with E-state index in [4.69, 9.17) is 5.73 Å². The van der Waals surface area contributed by atoms with Gasteiger partial charge >= 0.3 is 0 Å². The number of nitrogens with zero attached hydrogens (tertiary/aromatic N) is 1. The van der Waals surface area contributed by atoms with Gasteiger partial charge in [-0.25, -0.2) is 0 Å². The minimum atomic E-state index is -0.472. The molecule has 1 aliphatic heterocycles. The van der Waals surface area contributed by atoms with E-state index in [2.05, 4.69) is 13.8 Å². The SMILES string of the molecule is CCCC(C)CN1C(=O)C(N)c2ccccc21. The van der Waals surface area contributed by atoms with Gasteiger partial charge in [-0.1, -0.05) is 38.5 Å². The molecule has 1 aromatic carbocycles. The third-order valence-corrected chi connectivity index (χ3v) is 3.37. The first-order chi connectivity index (χ1) is 8.15. The molecule has 92 valence electrons. The van der Waals surface area contributed by atoms with Gasteiger partial charge in [-0.3, -0.25) is 4.79 Å². The molecule has 0 radical (unpaired) electrons. The maximum atomic E-state index is 12.1. The van der Waals surface area contributed by atoms with Crippen LogP contribution in [0.25, 0.3) is 0 Å². The van der Waals surface area contributed by atoms with Crippen molar-refractivity contribution in [3.05, 3.63) is 29.8 Å². The molecule has 0 aliphatic carbocycles. The van der Waals surface area contributed by atoms with Gasteiger partial charge in [-0.15, -0.1) is 0 Å². The van der Waals surface area contributed by atoms with E-state index in [1.807, 2.05) is 29.2 Å². The first-order valence-electron chi connectivity index (χ1n) is 6.31. The number of carbonyl (C=O) groups excluding carboxylic acids is 1. The highest BCUT2D eigenvalue weighted by Crippen LogP contribution is 2.34. The molecule has 2 rings (SSSR count). The standard InChI is InChI=1S/C14H20N2O/c1-3-6-10(2)9-16-12-8-5-4-7-11(12)13(15)14(16)17/h4-5,7-8,10,13H,3,6,9,15H2,1-2H3. The molecule has 3 nitrogen and oxygen atoms in total. The van der Waals surface area contributed by atoms with Crippen LogP contribution in [0.15, 0.2) is 24.3 Å². The Labute approximate surface area is 103 Å². The summed E-state index contributed by atoms with van der Waals surface area (Å²) in [4.78, 5) is 14.0. The van der Waals surface area contributed by atoms with Gasteiger partial charge in [0.2, 0.25) is 5.91 Å².